The molecule has 0 N–H and O–H groups in total. The Labute approximate surface area is 49.1 Å². The lowest BCUT2D eigenvalue weighted by Gasteiger charge is -1.90. The standard InChI is InChI=1S/C7H10O/c1-4-6-2-5(8)3-7(4)6/h4,6-7H,2-3H2,1H3/t6-,7-/m0/s1. The molecule has 0 radical (unpaired) electrons. The van der Waals surface area contributed by atoms with Crippen molar-refractivity contribution in [1.82, 2.24) is 0 Å². The van der Waals surface area contributed by atoms with Gasteiger partial charge in [0.25, 0.3) is 0 Å². The summed E-state index contributed by atoms with van der Waals surface area (Å²) in [6, 6.07) is 0. The topological polar surface area (TPSA) is 17.1 Å². The zero-order valence-electron chi connectivity index (χ0n) is 5.05. The third-order valence-corrected chi connectivity index (χ3v) is 2.69. The summed E-state index contributed by atoms with van der Waals surface area (Å²) in [4.78, 5) is 10.6. The summed E-state index contributed by atoms with van der Waals surface area (Å²) in [5, 5.41) is 0. The molecule has 8 heavy (non-hydrogen) atoms. The van der Waals surface area contributed by atoms with Gasteiger partial charge in [-0.05, 0) is 17.8 Å². The van der Waals surface area contributed by atoms with Gasteiger partial charge >= 0.3 is 0 Å². The maximum absolute atomic E-state index is 10.6. The average molecular weight is 110 g/mol. The van der Waals surface area contributed by atoms with Crippen LogP contribution in [0.5, 0.6) is 0 Å². The molecule has 2 aliphatic rings. The summed E-state index contributed by atoms with van der Waals surface area (Å²) in [5.41, 5.74) is 0. The molecular formula is C7H10O. The first kappa shape index (κ1) is 4.54. The lowest BCUT2D eigenvalue weighted by atomic mass is 10.1. The number of hydrogen-bond acceptors (Lipinski definition) is 1. The van der Waals surface area contributed by atoms with Crippen molar-refractivity contribution >= 4 is 5.78 Å². The Morgan fingerprint density at radius 2 is 1.88 bits per heavy atom. The van der Waals surface area contributed by atoms with Gasteiger partial charge in [0.2, 0.25) is 0 Å². The fourth-order valence-corrected chi connectivity index (χ4v) is 1.92. The van der Waals surface area contributed by atoms with Crippen LogP contribution in [0.3, 0.4) is 0 Å². The first-order chi connectivity index (χ1) is 3.79. The van der Waals surface area contributed by atoms with Crippen molar-refractivity contribution in [3.63, 3.8) is 0 Å². The van der Waals surface area contributed by atoms with Gasteiger partial charge in [0.1, 0.15) is 5.78 Å². The Morgan fingerprint density at radius 1 is 1.38 bits per heavy atom. The lowest BCUT2D eigenvalue weighted by molar-refractivity contribution is -0.118. The zero-order valence-corrected chi connectivity index (χ0v) is 5.05. The Hall–Kier alpha value is -0.330. The molecule has 0 aromatic heterocycles. The van der Waals surface area contributed by atoms with E-state index in [-0.39, 0.29) is 0 Å². The Morgan fingerprint density at radius 3 is 2.25 bits per heavy atom. The normalized spacial score (nSPS) is 51.6. The van der Waals surface area contributed by atoms with E-state index < -0.39 is 0 Å². The summed E-state index contributed by atoms with van der Waals surface area (Å²) in [5.74, 6) is 3.00. The highest BCUT2D eigenvalue weighted by molar-refractivity contribution is 5.82. The second-order valence-electron chi connectivity index (χ2n) is 3.13. The van der Waals surface area contributed by atoms with Crippen molar-refractivity contribution < 1.29 is 4.79 Å². The summed E-state index contributed by atoms with van der Waals surface area (Å²) in [6.45, 7) is 2.25. The van der Waals surface area contributed by atoms with Gasteiger partial charge in [-0.3, -0.25) is 4.79 Å². The van der Waals surface area contributed by atoms with Crippen molar-refractivity contribution in [3.8, 4) is 0 Å². The van der Waals surface area contributed by atoms with Gasteiger partial charge < -0.3 is 0 Å². The van der Waals surface area contributed by atoms with E-state index in [0.717, 1.165) is 30.6 Å². The molecule has 0 unspecified atom stereocenters. The van der Waals surface area contributed by atoms with E-state index in [4.69, 9.17) is 0 Å². The molecule has 0 spiro atoms. The molecular weight excluding hydrogens is 100 g/mol. The van der Waals surface area contributed by atoms with Crippen molar-refractivity contribution in [3.05, 3.63) is 0 Å². The predicted molar refractivity (Wildman–Crippen MR) is 30.4 cm³/mol. The number of rotatable bonds is 0. The SMILES string of the molecule is CC1[C@@H]2CC(=O)C[C@@H]12. The Kier molecular flexibility index (Phi) is 0.651. The first-order valence-electron chi connectivity index (χ1n) is 3.31. The van der Waals surface area contributed by atoms with E-state index in [2.05, 4.69) is 6.92 Å². The number of Topliss-reactive ketones (excluding diaryl/α,β-unsaturated/α-hetero) is 1. The molecule has 0 heterocycles. The van der Waals surface area contributed by atoms with Gasteiger partial charge in [0.05, 0.1) is 0 Å². The molecule has 2 rings (SSSR count). The molecule has 0 aromatic rings. The largest absolute Gasteiger partial charge is 0.300 e. The van der Waals surface area contributed by atoms with Crippen LogP contribution in [0.1, 0.15) is 19.8 Å². The van der Waals surface area contributed by atoms with Crippen LogP contribution in [0, 0.1) is 17.8 Å². The van der Waals surface area contributed by atoms with Crippen LogP contribution in [0.25, 0.3) is 0 Å². The minimum atomic E-state index is 0.498. The third kappa shape index (κ3) is 0.396. The first-order valence-corrected chi connectivity index (χ1v) is 3.31. The molecule has 2 fully saturated rings. The van der Waals surface area contributed by atoms with Gasteiger partial charge in [0, 0.05) is 12.8 Å². The van der Waals surface area contributed by atoms with Gasteiger partial charge in [-0.15, -0.1) is 0 Å². The van der Waals surface area contributed by atoms with Crippen molar-refractivity contribution in [1.29, 1.82) is 0 Å². The second-order valence-corrected chi connectivity index (χ2v) is 3.13. The third-order valence-electron chi connectivity index (χ3n) is 2.69. The molecule has 0 saturated heterocycles. The molecule has 2 atom stereocenters. The fourth-order valence-electron chi connectivity index (χ4n) is 1.92. The number of carbonyl (C=O) groups excluding carboxylic acids is 1. The molecule has 44 valence electrons. The van der Waals surface area contributed by atoms with E-state index in [0.29, 0.717) is 5.78 Å². The van der Waals surface area contributed by atoms with Crippen LogP contribution < -0.4 is 0 Å². The number of ketones is 1. The number of fused-ring (bicyclic) bond motifs is 1. The minimum Gasteiger partial charge on any atom is -0.300 e. The van der Waals surface area contributed by atoms with Crippen molar-refractivity contribution in [2.24, 2.45) is 17.8 Å². The summed E-state index contributed by atoms with van der Waals surface area (Å²) in [6.07, 6.45) is 1.79. The van der Waals surface area contributed by atoms with Gasteiger partial charge in [-0.2, -0.15) is 0 Å². The van der Waals surface area contributed by atoms with Crippen LogP contribution in [0.4, 0.5) is 0 Å². The molecule has 0 aromatic carbocycles. The minimum absolute atomic E-state index is 0.498. The molecule has 2 saturated carbocycles. The van der Waals surface area contributed by atoms with Crippen LogP contribution >= 0.6 is 0 Å². The summed E-state index contributed by atoms with van der Waals surface area (Å²) in [7, 11) is 0. The molecule has 0 bridgehead atoms. The van der Waals surface area contributed by atoms with Crippen LogP contribution in [-0.2, 0) is 4.79 Å². The maximum Gasteiger partial charge on any atom is 0.133 e. The highest BCUT2D eigenvalue weighted by atomic mass is 16.1. The van der Waals surface area contributed by atoms with E-state index in [1.165, 1.54) is 0 Å². The highest BCUT2D eigenvalue weighted by Crippen LogP contribution is 2.55. The van der Waals surface area contributed by atoms with Crippen molar-refractivity contribution in [2.75, 3.05) is 0 Å². The monoisotopic (exact) mass is 110 g/mol. The zero-order chi connectivity index (χ0) is 5.72. The highest BCUT2D eigenvalue weighted by Gasteiger charge is 2.52. The van der Waals surface area contributed by atoms with Crippen LogP contribution in [-0.4, -0.2) is 5.78 Å². The Bertz CT molecular complexity index is 125. The molecule has 1 nitrogen and oxygen atoms in total. The number of carbonyl (C=O) groups is 1. The Balaban J connectivity index is 2.09. The van der Waals surface area contributed by atoms with E-state index in [1.807, 2.05) is 0 Å². The molecule has 2 aliphatic carbocycles. The lowest BCUT2D eigenvalue weighted by Crippen LogP contribution is -1.94. The average Bonchev–Trinajstić information content (AvgIpc) is 2.29. The van der Waals surface area contributed by atoms with Gasteiger partial charge in [0.15, 0.2) is 0 Å². The number of hydrogen-bond donors (Lipinski definition) is 0. The predicted octanol–water partition coefficient (Wildman–Crippen LogP) is 1.23. The second kappa shape index (κ2) is 1.15. The summed E-state index contributed by atoms with van der Waals surface area (Å²) < 4.78 is 0. The molecule has 0 aliphatic heterocycles. The molecule has 1 heteroatoms. The van der Waals surface area contributed by atoms with E-state index in [1.54, 1.807) is 0 Å². The van der Waals surface area contributed by atoms with Crippen LogP contribution in [0.15, 0.2) is 0 Å². The quantitative estimate of drug-likeness (QED) is 0.458. The van der Waals surface area contributed by atoms with E-state index >= 15 is 0 Å². The van der Waals surface area contributed by atoms with E-state index in [9.17, 15) is 4.79 Å². The summed E-state index contributed by atoms with van der Waals surface area (Å²) >= 11 is 0. The smallest absolute Gasteiger partial charge is 0.133 e. The van der Waals surface area contributed by atoms with Crippen molar-refractivity contribution in [2.45, 2.75) is 19.8 Å². The molecule has 0 amide bonds. The van der Waals surface area contributed by atoms with Gasteiger partial charge in [-0.1, -0.05) is 6.92 Å². The van der Waals surface area contributed by atoms with Gasteiger partial charge in [-0.25, -0.2) is 0 Å². The fraction of sp³-hybridized carbons (Fsp3) is 0.857. The van der Waals surface area contributed by atoms with Crippen LogP contribution in [0.2, 0.25) is 0 Å². The maximum atomic E-state index is 10.6.